The molecule has 0 spiro atoms. The van der Waals surface area contributed by atoms with Crippen LogP contribution in [0.2, 0.25) is 0 Å². The maximum absolute atomic E-state index is 11.8. The highest BCUT2D eigenvalue weighted by Crippen LogP contribution is 2.39. The Morgan fingerprint density at radius 1 is 1.27 bits per heavy atom. The predicted molar refractivity (Wildman–Crippen MR) is 55.5 cm³/mol. The topological polar surface area (TPSA) is 47.6 Å². The van der Waals surface area contributed by atoms with Crippen molar-refractivity contribution in [1.82, 2.24) is 0 Å². The Bertz CT molecular complexity index is 410. The first-order chi connectivity index (χ1) is 7.14. The number of amides is 1. The van der Waals surface area contributed by atoms with Gasteiger partial charge in [-0.1, -0.05) is 12.1 Å². The Hall–Kier alpha value is -1.39. The van der Waals surface area contributed by atoms with Crippen molar-refractivity contribution < 1.29 is 14.3 Å². The molecule has 0 aromatic heterocycles. The second kappa shape index (κ2) is 3.32. The highest BCUT2D eigenvalue weighted by Gasteiger charge is 2.48. The molecule has 0 fully saturated rings. The van der Waals surface area contributed by atoms with Crippen molar-refractivity contribution >= 4 is 11.6 Å². The molecule has 4 heteroatoms. The van der Waals surface area contributed by atoms with E-state index in [-0.39, 0.29) is 5.91 Å². The summed E-state index contributed by atoms with van der Waals surface area (Å²) in [6.07, 6.45) is 0. The maximum atomic E-state index is 11.8. The molecule has 1 N–H and O–H groups in total. The predicted octanol–water partition coefficient (Wildman–Crippen LogP) is 1.39. The Kier molecular flexibility index (Phi) is 2.25. The van der Waals surface area contributed by atoms with E-state index in [1.807, 2.05) is 25.1 Å². The van der Waals surface area contributed by atoms with E-state index in [4.69, 9.17) is 9.47 Å². The number of benzene rings is 1. The third kappa shape index (κ3) is 1.26. The zero-order valence-electron chi connectivity index (χ0n) is 8.96. The molecule has 15 heavy (non-hydrogen) atoms. The molecule has 0 radical (unpaired) electrons. The molecule has 80 valence electrons. The Morgan fingerprint density at radius 2 is 1.93 bits per heavy atom. The van der Waals surface area contributed by atoms with Crippen molar-refractivity contribution in [1.29, 1.82) is 0 Å². The van der Waals surface area contributed by atoms with Crippen molar-refractivity contribution in [2.75, 3.05) is 19.5 Å². The molecule has 1 aliphatic rings. The van der Waals surface area contributed by atoms with E-state index in [0.717, 1.165) is 16.8 Å². The maximum Gasteiger partial charge on any atom is 0.289 e. The number of carbonyl (C=O) groups excluding carboxylic acids is 1. The highest BCUT2D eigenvalue weighted by atomic mass is 16.7. The summed E-state index contributed by atoms with van der Waals surface area (Å²) in [4.78, 5) is 11.8. The molecule has 1 aromatic carbocycles. The molecule has 1 amide bonds. The number of methoxy groups -OCH3 is 2. The van der Waals surface area contributed by atoms with Crippen LogP contribution in [0, 0.1) is 6.92 Å². The summed E-state index contributed by atoms with van der Waals surface area (Å²) < 4.78 is 10.4. The number of carbonyl (C=O) groups is 1. The largest absolute Gasteiger partial charge is 0.342 e. The average Bonchev–Trinajstić information content (AvgIpc) is 2.49. The van der Waals surface area contributed by atoms with Gasteiger partial charge in [0.25, 0.3) is 11.7 Å². The fraction of sp³-hybridized carbons (Fsp3) is 0.364. The second-order valence-corrected chi connectivity index (χ2v) is 3.53. The van der Waals surface area contributed by atoms with Gasteiger partial charge in [0, 0.05) is 19.8 Å². The zero-order valence-corrected chi connectivity index (χ0v) is 8.96. The van der Waals surface area contributed by atoms with E-state index in [2.05, 4.69) is 5.32 Å². The third-order valence-corrected chi connectivity index (χ3v) is 2.65. The van der Waals surface area contributed by atoms with E-state index in [0.29, 0.717) is 0 Å². The summed E-state index contributed by atoms with van der Waals surface area (Å²) in [7, 11) is 2.91. The minimum atomic E-state index is -1.29. The van der Waals surface area contributed by atoms with Crippen LogP contribution in [0.5, 0.6) is 0 Å². The molecule has 0 aliphatic carbocycles. The van der Waals surface area contributed by atoms with Gasteiger partial charge in [-0.15, -0.1) is 0 Å². The number of anilines is 1. The standard InChI is InChI=1S/C11H13NO3/c1-7-4-5-8-9(6-7)12-10(13)11(8,14-2)15-3/h4-6H,1-3H3,(H,12,13). The third-order valence-electron chi connectivity index (χ3n) is 2.65. The number of rotatable bonds is 2. The number of nitrogens with one attached hydrogen (secondary N) is 1. The Morgan fingerprint density at radius 3 is 2.53 bits per heavy atom. The summed E-state index contributed by atoms with van der Waals surface area (Å²) in [5.74, 6) is -1.57. The highest BCUT2D eigenvalue weighted by molar-refractivity contribution is 6.04. The Balaban J connectivity index is 2.59. The number of aryl methyl sites for hydroxylation is 1. The van der Waals surface area contributed by atoms with Crippen LogP contribution in [0.15, 0.2) is 18.2 Å². The quantitative estimate of drug-likeness (QED) is 0.745. The molecular formula is C11H13NO3. The van der Waals surface area contributed by atoms with Gasteiger partial charge in [0.15, 0.2) is 0 Å². The van der Waals surface area contributed by atoms with Crippen LogP contribution in [-0.2, 0) is 20.1 Å². The van der Waals surface area contributed by atoms with Gasteiger partial charge in [-0.05, 0) is 18.6 Å². The molecule has 0 atom stereocenters. The van der Waals surface area contributed by atoms with E-state index in [9.17, 15) is 4.79 Å². The number of hydrogen-bond donors (Lipinski definition) is 1. The fourth-order valence-electron chi connectivity index (χ4n) is 1.86. The normalized spacial score (nSPS) is 17.4. The van der Waals surface area contributed by atoms with E-state index >= 15 is 0 Å². The molecule has 2 rings (SSSR count). The van der Waals surface area contributed by atoms with Gasteiger partial charge in [0.05, 0.1) is 5.69 Å². The van der Waals surface area contributed by atoms with Crippen LogP contribution >= 0.6 is 0 Å². The lowest BCUT2D eigenvalue weighted by molar-refractivity contribution is -0.207. The van der Waals surface area contributed by atoms with Crippen LogP contribution in [0.3, 0.4) is 0 Å². The van der Waals surface area contributed by atoms with Crippen LogP contribution in [0.25, 0.3) is 0 Å². The molecular weight excluding hydrogens is 194 g/mol. The summed E-state index contributed by atoms with van der Waals surface area (Å²) in [5.41, 5.74) is 2.56. The first-order valence-electron chi connectivity index (χ1n) is 4.67. The lowest BCUT2D eigenvalue weighted by atomic mass is 10.1. The van der Waals surface area contributed by atoms with E-state index < -0.39 is 5.79 Å². The Labute approximate surface area is 88.2 Å². The monoisotopic (exact) mass is 207 g/mol. The van der Waals surface area contributed by atoms with Gasteiger partial charge in [-0.2, -0.15) is 0 Å². The summed E-state index contributed by atoms with van der Waals surface area (Å²) in [5, 5.41) is 2.74. The zero-order chi connectivity index (χ0) is 11.1. The van der Waals surface area contributed by atoms with Crippen LogP contribution in [-0.4, -0.2) is 20.1 Å². The van der Waals surface area contributed by atoms with Crippen molar-refractivity contribution in [2.45, 2.75) is 12.7 Å². The summed E-state index contributed by atoms with van der Waals surface area (Å²) >= 11 is 0. The van der Waals surface area contributed by atoms with Gasteiger partial charge in [0.1, 0.15) is 0 Å². The van der Waals surface area contributed by atoms with Crippen molar-refractivity contribution in [3.8, 4) is 0 Å². The van der Waals surface area contributed by atoms with E-state index in [1.165, 1.54) is 14.2 Å². The van der Waals surface area contributed by atoms with E-state index in [1.54, 1.807) is 0 Å². The molecule has 0 bridgehead atoms. The summed E-state index contributed by atoms with van der Waals surface area (Å²) in [6.45, 7) is 1.96. The molecule has 4 nitrogen and oxygen atoms in total. The minimum Gasteiger partial charge on any atom is -0.342 e. The van der Waals surface area contributed by atoms with Gasteiger partial charge < -0.3 is 14.8 Å². The van der Waals surface area contributed by atoms with Crippen molar-refractivity contribution in [2.24, 2.45) is 0 Å². The molecule has 0 unspecified atom stereocenters. The lowest BCUT2D eigenvalue weighted by Gasteiger charge is -2.23. The van der Waals surface area contributed by atoms with Crippen molar-refractivity contribution in [3.63, 3.8) is 0 Å². The van der Waals surface area contributed by atoms with Crippen LogP contribution < -0.4 is 5.32 Å². The minimum absolute atomic E-state index is 0.284. The second-order valence-electron chi connectivity index (χ2n) is 3.53. The van der Waals surface area contributed by atoms with Gasteiger partial charge in [-0.3, -0.25) is 4.79 Å². The SMILES string of the molecule is COC1(OC)C(=O)Nc2cc(C)ccc21. The lowest BCUT2D eigenvalue weighted by Crippen LogP contribution is -2.38. The van der Waals surface area contributed by atoms with Crippen LogP contribution in [0.4, 0.5) is 5.69 Å². The van der Waals surface area contributed by atoms with Gasteiger partial charge in [-0.25, -0.2) is 0 Å². The smallest absolute Gasteiger partial charge is 0.289 e. The summed E-state index contributed by atoms with van der Waals surface area (Å²) in [6, 6.07) is 5.66. The first kappa shape index (κ1) is 10.1. The average molecular weight is 207 g/mol. The number of ether oxygens (including phenoxy) is 2. The molecule has 1 aliphatic heterocycles. The van der Waals surface area contributed by atoms with Crippen molar-refractivity contribution in [3.05, 3.63) is 29.3 Å². The van der Waals surface area contributed by atoms with Gasteiger partial charge in [0.2, 0.25) is 0 Å². The molecule has 1 aromatic rings. The van der Waals surface area contributed by atoms with Crippen LogP contribution in [0.1, 0.15) is 11.1 Å². The number of hydrogen-bond acceptors (Lipinski definition) is 3. The molecule has 0 saturated heterocycles. The number of fused-ring (bicyclic) bond motifs is 1. The molecule has 0 saturated carbocycles. The fourth-order valence-corrected chi connectivity index (χ4v) is 1.86. The van der Waals surface area contributed by atoms with Gasteiger partial charge >= 0.3 is 0 Å². The first-order valence-corrected chi connectivity index (χ1v) is 4.67. The molecule has 1 heterocycles.